The summed E-state index contributed by atoms with van der Waals surface area (Å²) in [4.78, 5) is 64.0. The van der Waals surface area contributed by atoms with E-state index in [0.717, 1.165) is 71.9 Å². The van der Waals surface area contributed by atoms with Gasteiger partial charge < -0.3 is 70.2 Å². The molecule has 7 aromatic carbocycles. The summed E-state index contributed by atoms with van der Waals surface area (Å²) >= 11 is 8.61. The van der Waals surface area contributed by atoms with Crippen LogP contribution in [-0.4, -0.2) is 131 Å². The number of hydrogen-bond donors (Lipinski definition) is 7. The Morgan fingerprint density at radius 2 is 1.08 bits per heavy atom. The van der Waals surface area contributed by atoms with E-state index >= 15 is 0 Å². The monoisotopic (exact) mass is 1650 g/mol. The van der Waals surface area contributed by atoms with Crippen LogP contribution in [-0.2, 0) is 29.2 Å². The maximum atomic E-state index is 12.7. The fourth-order valence-corrected chi connectivity index (χ4v) is 10.5. The second-order valence-electron chi connectivity index (χ2n) is 23.2. The predicted octanol–water partition coefficient (Wildman–Crippen LogP) is 18.1. The van der Waals surface area contributed by atoms with Crippen molar-refractivity contribution in [1.82, 2.24) is 38.6 Å². The highest BCUT2D eigenvalue weighted by atomic mass is 79.9. The second-order valence-corrected chi connectivity index (χ2v) is 24.3. The molecule has 1 aliphatic rings. The van der Waals surface area contributed by atoms with Crippen LogP contribution in [0.4, 0.5) is 73.4 Å². The van der Waals surface area contributed by atoms with Gasteiger partial charge in [-0.15, -0.1) is 0 Å². The summed E-state index contributed by atoms with van der Waals surface area (Å²) < 4.78 is 87.2. The molecule has 2 amide bonds. The number of halogens is 7. The zero-order valence-corrected chi connectivity index (χ0v) is 64.1. The third-order valence-corrected chi connectivity index (χ3v) is 15.9. The highest BCUT2D eigenvalue weighted by Crippen LogP contribution is 2.35. The molecule has 0 saturated carbocycles. The zero-order valence-electron chi connectivity index (χ0n) is 61.8. The average molecular weight is 1650 g/mol. The number of methoxy groups -OCH3 is 2. The molecule has 6 aromatic heterocycles. The molecule has 27 nitrogen and oxygen atoms in total. The Bertz CT molecular complexity index is 5380. The van der Waals surface area contributed by atoms with Crippen molar-refractivity contribution in [3.05, 3.63) is 264 Å². The largest absolute Gasteiger partial charge is 0.490 e. The van der Waals surface area contributed by atoms with Gasteiger partial charge in [-0.2, -0.15) is 14.9 Å². The van der Waals surface area contributed by atoms with Crippen molar-refractivity contribution in [2.24, 2.45) is 0 Å². The highest BCUT2D eigenvalue weighted by molar-refractivity contribution is 9.09. The molecule has 0 atom stereocenters. The first kappa shape index (κ1) is 87.7. The van der Waals surface area contributed by atoms with E-state index in [1.54, 1.807) is 102 Å². The molecule has 0 unspecified atom stereocenters. The number of non-ortho nitro benzene ring substituents is 2. The molecule has 34 heteroatoms. The number of nitrogen functional groups attached to an aromatic ring is 2. The van der Waals surface area contributed by atoms with Crippen LogP contribution in [0.5, 0.6) is 34.8 Å². The molecule has 114 heavy (non-hydrogen) atoms. The van der Waals surface area contributed by atoms with Crippen molar-refractivity contribution in [2.45, 2.75) is 26.6 Å². The lowest BCUT2D eigenvalue weighted by Gasteiger charge is -2.12. The molecule has 14 rings (SSSR count). The van der Waals surface area contributed by atoms with Gasteiger partial charge in [0.05, 0.1) is 69.3 Å². The lowest BCUT2D eigenvalue weighted by molar-refractivity contribution is -0.384. The number of carbonyl (C=O) groups excluding carboxylic acids is 2. The average Bonchev–Trinajstić information content (AvgIpc) is 1.44. The van der Waals surface area contributed by atoms with Gasteiger partial charge in [0.1, 0.15) is 50.5 Å². The molecule has 9 N–H and O–H groups in total. The minimum atomic E-state index is -0.444. The molecule has 13 aromatic rings. The topological polar surface area (TPSA) is 351 Å². The molecule has 1 aliphatic heterocycles. The third kappa shape index (κ3) is 26.4. The van der Waals surface area contributed by atoms with E-state index in [-0.39, 0.29) is 73.4 Å². The number of aromatic nitrogens is 8. The molecule has 0 radical (unpaired) electrons. The summed E-state index contributed by atoms with van der Waals surface area (Å²) in [5.41, 5.74) is 20.5. The van der Waals surface area contributed by atoms with Crippen LogP contribution in [0.1, 0.15) is 12.5 Å². The Kier molecular flexibility index (Phi) is 35.1. The summed E-state index contributed by atoms with van der Waals surface area (Å²) in [5.74, 6) is 1.68. The number of nitrogens with zero attached hydrogens (tertiary/aromatic N) is 10. The van der Waals surface area contributed by atoms with Crippen LogP contribution in [0.3, 0.4) is 0 Å². The van der Waals surface area contributed by atoms with Gasteiger partial charge >= 0.3 is 0 Å². The molecule has 0 fully saturated rings. The normalized spacial score (nSPS) is 10.5. The van der Waals surface area contributed by atoms with Crippen molar-refractivity contribution in [2.75, 3.05) is 98.4 Å². The van der Waals surface area contributed by atoms with E-state index in [1.807, 2.05) is 100 Å². The number of aliphatic hydroxyl groups is 1. The molecule has 7 heterocycles. The van der Waals surface area contributed by atoms with Gasteiger partial charge in [-0.1, -0.05) is 41.2 Å². The maximum Gasteiger partial charge on any atom is 0.270 e. The summed E-state index contributed by atoms with van der Waals surface area (Å²) in [6, 6.07) is 47.3. The number of fused-ring (bicyclic) bond motifs is 5. The fourth-order valence-electron chi connectivity index (χ4n) is 10.4. The number of nitrogens with two attached hydrogens (primary N) is 2. The van der Waals surface area contributed by atoms with Crippen LogP contribution in [0, 0.1) is 26.4 Å². The van der Waals surface area contributed by atoms with Crippen molar-refractivity contribution >= 4 is 140 Å². The Morgan fingerprint density at radius 1 is 0.605 bits per heavy atom. The summed E-state index contributed by atoms with van der Waals surface area (Å²) in [7, 11) is 2.97. The van der Waals surface area contributed by atoms with Crippen molar-refractivity contribution < 1.29 is 65.4 Å². The zero-order chi connectivity index (χ0) is 82.5. The lowest BCUT2D eigenvalue weighted by atomic mass is 10.2. The minimum Gasteiger partial charge on any atom is -0.490 e. The Balaban J connectivity index is 0.000000194. The first-order valence-electron chi connectivity index (χ1n) is 34.4. The van der Waals surface area contributed by atoms with Gasteiger partial charge in [0.25, 0.3) is 23.1 Å². The second kappa shape index (κ2) is 45.6. The minimum absolute atomic E-state index is 0.0434. The summed E-state index contributed by atoms with van der Waals surface area (Å²) in [6.45, 7) is 8.28. The van der Waals surface area contributed by atoms with Gasteiger partial charge in [0.15, 0.2) is 17.1 Å². The van der Waals surface area contributed by atoms with Gasteiger partial charge in [0.2, 0.25) is 28.7 Å². The molecular weight excluding hydrogens is 1570 g/mol. The molecular formula is C80H80BrClF5N16O11+. The number of nitro groups is 2. The van der Waals surface area contributed by atoms with E-state index in [4.69, 9.17) is 47.1 Å². The number of nitrogens with one attached hydrogen (secondary N) is 4. The third-order valence-electron chi connectivity index (χ3n) is 15.5. The number of aliphatic hydroxyl groups excluding tert-OH is 1. The molecule has 0 saturated heterocycles. The Morgan fingerprint density at radius 3 is 1.60 bits per heavy atom. The van der Waals surface area contributed by atoms with Crippen molar-refractivity contribution in [3.8, 4) is 34.8 Å². The van der Waals surface area contributed by atoms with E-state index in [9.17, 15) is 51.8 Å². The van der Waals surface area contributed by atoms with Crippen LogP contribution in [0.25, 0.3) is 49.7 Å². The van der Waals surface area contributed by atoms with Crippen LogP contribution in [0.2, 0.25) is 5.28 Å². The number of H-pyrrole nitrogens is 1. The first-order valence-corrected chi connectivity index (χ1v) is 35.9. The highest BCUT2D eigenvalue weighted by Gasteiger charge is 2.25. The van der Waals surface area contributed by atoms with Gasteiger partial charge in [-0.05, 0) is 134 Å². The van der Waals surface area contributed by atoms with E-state index in [0.29, 0.717) is 65.3 Å². The summed E-state index contributed by atoms with van der Waals surface area (Å²) in [5, 5.41) is 41.1. The number of aryl methyl sites for hydroxylation is 3. The van der Waals surface area contributed by atoms with Gasteiger partial charge in [0, 0.05) is 157 Å². The number of nitro benzene ring substituents is 2. The van der Waals surface area contributed by atoms with Gasteiger partial charge in [-0.3, -0.25) is 34.2 Å². The maximum absolute atomic E-state index is 12.7. The van der Waals surface area contributed by atoms with E-state index < -0.39 is 23.2 Å². The quantitative estimate of drug-likeness (QED) is 0.00457. The van der Waals surface area contributed by atoms with Crippen molar-refractivity contribution in [1.29, 1.82) is 0 Å². The standard InChI is InChI=1S/C24H22FN5O3.C14H12ClN3O3.C10H9FN2O2.C10H11FN2.C10H10FN2.C8H6N2O2.C2H4BrF.C2H6O/c1-3-22(31)27-17-5-4-6-19(14-17)33-23-21(32-2)15-26-24(29-23)28-18-7-8-20-16(13-18)9-11-30(20)12-10-25;1-3-12(19)17-9-5-4-6-10(7-9)21-13-11(20-2)8-16-14(15)18-13;11-4-6-12-5-3-8-7-9(13(14)15)1-2-10(8)12;2*11-4-6-13-5-3-8-7-9(12)1-2-10(8)13;11-10(12)7-1-2-8-6(5-7)3-4-9-8;3-1-2-4;1-2-3/h3-9,11,13-15H,1,10,12H2,2H3,(H,27,31)(H,26,28,29);3-8H,1H2,2H3,(H,17,19);1-3,5,7H,4,6H2;1-3,5,7H,4,6,12H2;1-3,7H,4,6,12H2;1-5,9H;1-2H2;3H,2H2,1H3/q;;;;+1;;;. The lowest BCUT2D eigenvalue weighted by Crippen LogP contribution is -2.17. The number of ether oxygens (including phenoxy) is 4. The van der Waals surface area contributed by atoms with Crippen LogP contribution >= 0.6 is 27.5 Å². The van der Waals surface area contributed by atoms with Gasteiger partial charge in [-0.25, -0.2) is 27.5 Å². The Hall–Kier alpha value is -13.5. The number of amides is 2. The number of benzene rings is 7. The summed E-state index contributed by atoms with van der Waals surface area (Å²) in [6.07, 6.45) is 17.3. The molecule has 0 aliphatic carbocycles. The Labute approximate surface area is 664 Å². The first-order chi connectivity index (χ1) is 55.1. The number of anilines is 7. The number of rotatable bonds is 23. The SMILES string of the molecule is C=CC(=O)Nc1cccc(Oc2nc(Cl)ncc2OC)c1.C=CC(=O)Nc1cccc(Oc2nc(Nc3ccc4c(ccn4CCF)c3)ncc2OC)c1.CCO.FCCBr.Nc1ccc2c(c1)C=[C+]N2CCF.Nc1ccc2c(ccn2CCF)c1.O=[N+]([O-])c1ccc2[nH]ccc2c1.O=[N+]([O-])c1ccc2c(ccn2CCF)c1. The van der Waals surface area contributed by atoms with Crippen LogP contribution < -0.4 is 51.3 Å². The number of hydrogen-bond acceptors (Lipinski definition) is 19. The predicted molar refractivity (Wildman–Crippen MR) is 440 cm³/mol. The molecule has 594 valence electrons. The van der Waals surface area contributed by atoms with Crippen molar-refractivity contribution in [3.63, 3.8) is 0 Å². The van der Waals surface area contributed by atoms with E-state index in [2.05, 4.69) is 76.2 Å². The van der Waals surface area contributed by atoms with Crippen LogP contribution in [0.15, 0.2) is 226 Å². The molecule has 0 spiro atoms. The number of aromatic amines is 1. The molecule has 0 bridgehead atoms. The smallest absolute Gasteiger partial charge is 0.270 e. The number of alkyl halides is 6. The number of carbonyl (C=O) groups is 2. The fraction of sp³-hybridized carbons (Fsp3) is 0.175. The van der Waals surface area contributed by atoms with E-state index in [1.165, 1.54) is 57.0 Å².